The first-order valence-electron chi connectivity index (χ1n) is 12.6. The van der Waals surface area contributed by atoms with Crippen LogP contribution in [0, 0.1) is 0 Å². The van der Waals surface area contributed by atoms with Crippen LogP contribution in [0.3, 0.4) is 0 Å². The van der Waals surface area contributed by atoms with Crippen LogP contribution in [0.5, 0.6) is 5.75 Å². The maximum atomic E-state index is 11.5. The molecule has 0 bridgehead atoms. The number of aromatic hydroxyl groups is 1. The maximum absolute atomic E-state index is 11.5. The molecular weight excluding hydrogens is 388 g/mol. The topological polar surface area (TPSA) is 37.3 Å². The molecular formula is C27H46O2S. The van der Waals surface area contributed by atoms with Crippen molar-refractivity contribution in [2.45, 2.75) is 129 Å². The van der Waals surface area contributed by atoms with Gasteiger partial charge in [0.15, 0.2) is 0 Å². The molecule has 0 fully saturated rings. The second-order valence-electron chi connectivity index (χ2n) is 9.04. The summed E-state index contributed by atoms with van der Waals surface area (Å²) in [5.74, 6) is 0.380. The van der Waals surface area contributed by atoms with E-state index in [1.54, 1.807) is 6.07 Å². The molecule has 0 spiro atoms. The highest BCUT2D eigenvalue weighted by atomic mass is 32.1. The largest absolute Gasteiger partial charge is 0.507 e. The van der Waals surface area contributed by atoms with Crippen LogP contribution in [0.25, 0.3) is 0 Å². The van der Waals surface area contributed by atoms with Gasteiger partial charge in [-0.1, -0.05) is 129 Å². The SMILES string of the molecule is CCCCCCCCCCCCCCCCCCC(C)c1cccc(C(=O)S)c1O. The van der Waals surface area contributed by atoms with Gasteiger partial charge in [0.25, 0.3) is 0 Å². The molecule has 1 aromatic carbocycles. The molecule has 0 heterocycles. The zero-order chi connectivity index (χ0) is 22.0. The minimum Gasteiger partial charge on any atom is -0.507 e. The van der Waals surface area contributed by atoms with E-state index in [4.69, 9.17) is 0 Å². The summed E-state index contributed by atoms with van der Waals surface area (Å²) in [6.45, 7) is 4.41. The highest BCUT2D eigenvalue weighted by molar-refractivity contribution is 7.97. The molecule has 1 atom stereocenters. The van der Waals surface area contributed by atoms with Gasteiger partial charge < -0.3 is 5.11 Å². The van der Waals surface area contributed by atoms with Crippen molar-refractivity contribution in [2.24, 2.45) is 0 Å². The minimum absolute atomic E-state index is 0.112. The summed E-state index contributed by atoms with van der Waals surface area (Å²) >= 11 is 3.84. The lowest BCUT2D eigenvalue weighted by Crippen LogP contribution is -1.99. The van der Waals surface area contributed by atoms with Gasteiger partial charge in [-0.05, 0) is 24.0 Å². The number of para-hydroxylation sites is 1. The molecule has 0 aliphatic rings. The van der Waals surface area contributed by atoms with Crippen molar-refractivity contribution in [3.05, 3.63) is 29.3 Å². The van der Waals surface area contributed by atoms with E-state index < -0.39 is 0 Å². The molecule has 0 radical (unpaired) electrons. The van der Waals surface area contributed by atoms with Gasteiger partial charge in [0.05, 0.1) is 5.56 Å². The Balaban J connectivity index is 1.95. The van der Waals surface area contributed by atoms with Gasteiger partial charge in [0, 0.05) is 0 Å². The molecule has 0 aromatic heterocycles. The van der Waals surface area contributed by atoms with Crippen molar-refractivity contribution in [1.29, 1.82) is 0 Å². The number of hydrogen-bond donors (Lipinski definition) is 2. The van der Waals surface area contributed by atoms with Gasteiger partial charge in [0.2, 0.25) is 5.12 Å². The Labute approximate surface area is 191 Å². The molecule has 0 amide bonds. The van der Waals surface area contributed by atoms with E-state index >= 15 is 0 Å². The van der Waals surface area contributed by atoms with E-state index in [1.165, 1.54) is 103 Å². The lowest BCUT2D eigenvalue weighted by molar-refractivity contribution is 0.108. The molecule has 0 saturated heterocycles. The summed E-state index contributed by atoms with van der Waals surface area (Å²) in [5.41, 5.74) is 1.19. The number of phenolic OH excluding ortho intramolecular Hbond substituents is 1. The third kappa shape index (κ3) is 12.0. The number of carbonyl (C=O) groups is 1. The van der Waals surface area contributed by atoms with E-state index in [0.29, 0.717) is 5.56 Å². The van der Waals surface area contributed by atoms with Crippen molar-refractivity contribution < 1.29 is 9.90 Å². The van der Waals surface area contributed by atoms with Crippen molar-refractivity contribution in [2.75, 3.05) is 0 Å². The molecule has 30 heavy (non-hydrogen) atoms. The van der Waals surface area contributed by atoms with Gasteiger partial charge in [-0.25, -0.2) is 0 Å². The van der Waals surface area contributed by atoms with Crippen LogP contribution in [0.4, 0.5) is 0 Å². The van der Waals surface area contributed by atoms with E-state index in [-0.39, 0.29) is 16.8 Å². The number of benzene rings is 1. The van der Waals surface area contributed by atoms with Crippen molar-refractivity contribution in [1.82, 2.24) is 0 Å². The third-order valence-electron chi connectivity index (χ3n) is 6.32. The van der Waals surface area contributed by atoms with Crippen molar-refractivity contribution in [3.8, 4) is 5.75 Å². The highest BCUT2D eigenvalue weighted by Gasteiger charge is 2.15. The fourth-order valence-corrected chi connectivity index (χ4v) is 4.47. The quantitative estimate of drug-likeness (QED) is 0.168. The van der Waals surface area contributed by atoms with Crippen LogP contribution >= 0.6 is 12.6 Å². The Morgan fingerprint density at radius 1 is 0.800 bits per heavy atom. The highest BCUT2D eigenvalue weighted by Crippen LogP contribution is 2.32. The first-order chi connectivity index (χ1) is 14.6. The van der Waals surface area contributed by atoms with E-state index in [9.17, 15) is 9.90 Å². The molecule has 0 saturated carbocycles. The number of thiol groups is 1. The number of phenols is 1. The first-order valence-corrected chi connectivity index (χ1v) is 13.1. The Morgan fingerprint density at radius 2 is 1.23 bits per heavy atom. The summed E-state index contributed by atoms with van der Waals surface area (Å²) in [6, 6.07) is 5.39. The second kappa shape index (κ2) is 17.7. The third-order valence-corrected chi connectivity index (χ3v) is 6.56. The number of hydrogen-bond acceptors (Lipinski definition) is 2. The molecule has 0 aliphatic carbocycles. The molecule has 1 rings (SSSR count). The predicted molar refractivity (Wildman–Crippen MR) is 134 cm³/mol. The second-order valence-corrected chi connectivity index (χ2v) is 9.45. The van der Waals surface area contributed by atoms with E-state index in [1.807, 2.05) is 12.1 Å². The standard InChI is InChI=1S/C27H46O2S/c1-3-4-5-6-7-8-9-10-11-12-13-14-15-16-17-18-20-23(2)24-21-19-22-25(26(24)28)27(29)30/h19,21-23,28H,3-18,20H2,1-2H3,(H,29,30). The van der Waals surface area contributed by atoms with Crippen LogP contribution in [0.15, 0.2) is 18.2 Å². The average Bonchev–Trinajstić information content (AvgIpc) is 2.73. The van der Waals surface area contributed by atoms with Crippen LogP contribution < -0.4 is 0 Å². The zero-order valence-corrected chi connectivity index (χ0v) is 20.5. The van der Waals surface area contributed by atoms with Crippen LogP contribution in [0.1, 0.15) is 145 Å². The maximum Gasteiger partial charge on any atom is 0.220 e. The predicted octanol–water partition coefficient (Wildman–Crippen LogP) is 9.22. The molecule has 2 nitrogen and oxygen atoms in total. The van der Waals surface area contributed by atoms with Crippen LogP contribution in [-0.4, -0.2) is 10.2 Å². The number of unbranched alkanes of at least 4 members (excludes halogenated alkanes) is 15. The Morgan fingerprint density at radius 3 is 1.67 bits per heavy atom. The van der Waals surface area contributed by atoms with E-state index in [0.717, 1.165) is 12.0 Å². The number of rotatable bonds is 19. The normalized spacial score (nSPS) is 12.2. The van der Waals surface area contributed by atoms with Gasteiger partial charge >= 0.3 is 0 Å². The Hall–Kier alpha value is -0.960. The molecule has 1 unspecified atom stereocenters. The summed E-state index contributed by atoms with van der Waals surface area (Å²) in [6.07, 6.45) is 23.1. The van der Waals surface area contributed by atoms with Gasteiger partial charge in [-0.3, -0.25) is 4.79 Å². The minimum atomic E-state index is -0.371. The van der Waals surface area contributed by atoms with Gasteiger partial charge in [0.1, 0.15) is 5.75 Å². The smallest absolute Gasteiger partial charge is 0.220 e. The molecule has 1 N–H and O–H groups in total. The first kappa shape index (κ1) is 27.1. The van der Waals surface area contributed by atoms with Gasteiger partial charge in [-0.15, -0.1) is 12.6 Å². The van der Waals surface area contributed by atoms with E-state index in [2.05, 4.69) is 26.5 Å². The molecule has 0 aliphatic heterocycles. The molecule has 1 aromatic rings. The fourth-order valence-electron chi connectivity index (χ4n) is 4.29. The molecule has 172 valence electrons. The van der Waals surface area contributed by atoms with Crippen LogP contribution in [-0.2, 0) is 0 Å². The lowest BCUT2D eigenvalue weighted by Gasteiger charge is -2.15. The number of carbonyl (C=O) groups excluding carboxylic acids is 1. The summed E-state index contributed by atoms with van der Waals surface area (Å²) in [4.78, 5) is 11.5. The Kier molecular flexibility index (Phi) is 16.0. The monoisotopic (exact) mass is 434 g/mol. The van der Waals surface area contributed by atoms with Crippen LogP contribution in [0.2, 0.25) is 0 Å². The zero-order valence-electron chi connectivity index (χ0n) is 19.6. The van der Waals surface area contributed by atoms with Gasteiger partial charge in [-0.2, -0.15) is 0 Å². The molecule has 3 heteroatoms. The summed E-state index contributed by atoms with van der Waals surface area (Å²) in [5, 5.41) is 9.92. The summed E-state index contributed by atoms with van der Waals surface area (Å²) in [7, 11) is 0. The van der Waals surface area contributed by atoms with Crippen molar-refractivity contribution in [3.63, 3.8) is 0 Å². The Bertz CT molecular complexity index is 570. The van der Waals surface area contributed by atoms with Crippen molar-refractivity contribution >= 4 is 17.7 Å². The summed E-state index contributed by atoms with van der Waals surface area (Å²) < 4.78 is 0. The average molecular weight is 435 g/mol. The fraction of sp³-hybridized carbons (Fsp3) is 0.741. The lowest BCUT2D eigenvalue weighted by atomic mass is 9.92.